The summed E-state index contributed by atoms with van der Waals surface area (Å²) < 4.78 is 12.1. The number of carbonyl (C=O) groups excluding carboxylic acids is 6. The Morgan fingerprint density at radius 3 is 2.22 bits per heavy atom. The molecular formula is C58H76N6O11S. The number of aliphatic hydroxyl groups is 1. The van der Waals surface area contributed by atoms with E-state index in [2.05, 4.69) is 10.3 Å². The van der Waals surface area contributed by atoms with E-state index < -0.39 is 59.4 Å². The molecule has 0 saturated carbocycles. The maximum absolute atomic E-state index is 14.1. The number of benzene rings is 3. The summed E-state index contributed by atoms with van der Waals surface area (Å²) in [5, 5.41) is 20.9. The lowest BCUT2D eigenvalue weighted by Gasteiger charge is -2.35. The number of aryl methyl sites for hydroxylation is 4. The Balaban J connectivity index is 0.00000226. The number of carbonyl (C=O) groups is 7. The van der Waals surface area contributed by atoms with Crippen molar-refractivity contribution in [3.63, 3.8) is 0 Å². The number of carboxylic acid groups (broad SMARTS) is 1. The molecule has 7 rings (SSSR count). The highest BCUT2D eigenvalue weighted by Crippen LogP contribution is 2.40. The Bertz CT molecular complexity index is 2660. The zero-order chi connectivity index (χ0) is 55.3. The van der Waals surface area contributed by atoms with Gasteiger partial charge in [-0.2, -0.15) is 0 Å². The Hall–Kier alpha value is -6.18. The molecule has 7 atom stereocenters. The molecule has 410 valence electrons. The number of amides is 4. The number of rotatable bonds is 24. The molecule has 0 radical (unpaired) electrons. The van der Waals surface area contributed by atoms with Crippen LogP contribution in [0.2, 0.25) is 0 Å². The number of thiazole rings is 1. The molecule has 0 bridgehead atoms. The van der Waals surface area contributed by atoms with Crippen molar-refractivity contribution in [3.8, 4) is 10.4 Å². The van der Waals surface area contributed by atoms with Gasteiger partial charge >= 0.3 is 0 Å². The summed E-state index contributed by atoms with van der Waals surface area (Å²) in [6.07, 6.45) is 4.26. The molecule has 4 aromatic rings. The Morgan fingerprint density at radius 2 is 1.57 bits per heavy atom. The van der Waals surface area contributed by atoms with Gasteiger partial charge in [0.2, 0.25) is 23.6 Å². The lowest BCUT2D eigenvalue weighted by atomic mass is 9.85. The van der Waals surface area contributed by atoms with Crippen LogP contribution in [0.4, 0.5) is 5.69 Å². The van der Waals surface area contributed by atoms with Crippen LogP contribution in [-0.2, 0) is 75.3 Å². The summed E-state index contributed by atoms with van der Waals surface area (Å²) in [6.45, 7) is 11.0. The smallest absolute Gasteiger partial charge is 0.300 e. The molecule has 1 fully saturated rings. The Labute approximate surface area is 450 Å². The number of carboxylic acids is 1. The number of primary amides is 1. The number of aliphatic hydroxyl groups excluding tert-OH is 1. The third-order valence-electron chi connectivity index (χ3n) is 14.5. The second-order valence-corrected chi connectivity index (χ2v) is 22.3. The third-order valence-corrected chi connectivity index (χ3v) is 15.4. The van der Waals surface area contributed by atoms with E-state index in [0.29, 0.717) is 51.7 Å². The molecule has 4 amide bonds. The number of β-amino-alcohol motifs (C(OH)–C–C–N with tert-alkyl or cyclic N) is 1. The van der Waals surface area contributed by atoms with Gasteiger partial charge in [-0.1, -0.05) is 87.5 Å². The minimum absolute atomic E-state index is 0.0227. The normalized spacial score (nSPS) is 19.2. The molecule has 1 aromatic heterocycles. The number of nitrogens with zero attached hydrogens (tertiary/aromatic N) is 3. The van der Waals surface area contributed by atoms with Gasteiger partial charge in [0.05, 0.1) is 58.7 Å². The number of aromatic nitrogens is 1. The van der Waals surface area contributed by atoms with Gasteiger partial charge in [-0.15, -0.1) is 11.3 Å². The lowest BCUT2D eigenvalue weighted by Crippen LogP contribution is -2.57. The van der Waals surface area contributed by atoms with E-state index in [1.54, 1.807) is 16.2 Å². The monoisotopic (exact) mass is 1060 g/mol. The maximum atomic E-state index is 14.1. The molecule has 7 N–H and O–H groups in total. The van der Waals surface area contributed by atoms with Crippen molar-refractivity contribution in [3.05, 3.63) is 106 Å². The number of Topliss-reactive ketones (excluding diaryl/α,β-unsaturated/α-hetero) is 2. The topological polar surface area (TPSA) is 262 Å². The average molecular weight is 1070 g/mol. The summed E-state index contributed by atoms with van der Waals surface area (Å²) in [5.41, 5.74) is 20.9. The fourth-order valence-electron chi connectivity index (χ4n) is 10.2. The zero-order valence-corrected chi connectivity index (χ0v) is 45.6. The molecule has 4 heterocycles. The molecule has 0 unspecified atom stereocenters. The average Bonchev–Trinajstić information content (AvgIpc) is 4.14. The standard InChI is InChI=1S/C56H72N6O9S.C2H4O2/c1-34-52(72-33-59-34)40-19-16-37(17-20-40)18-24-47(64)45-29-43(63)30-61(45)55(69)53(56(3,4)5)60-50(67)32-70-26-7-6-9-36-12-14-38(15-13-36)31-71-35(2)41(22-25-49(58)66)28-48(65)46-27-42-11-8-10-39-21-23-44(57)54(68)62(46)51(39)42;1-2(3)4/h8,10-17,19-20,33,35,41,43-46,53,63H,6-7,9,18,21-32,57H2,1-5H3,(H2,58,66)(H,60,67);1H3,(H,3,4)/t35-,41-,43-,44+,45+,46+,53-;/m1./s1. The summed E-state index contributed by atoms with van der Waals surface area (Å²) >= 11 is 1.59. The van der Waals surface area contributed by atoms with Crippen LogP contribution in [0.5, 0.6) is 0 Å². The number of hydrogen-bond acceptors (Lipinski definition) is 13. The largest absolute Gasteiger partial charge is 0.481 e. The maximum Gasteiger partial charge on any atom is 0.300 e. The van der Waals surface area contributed by atoms with Gasteiger partial charge < -0.3 is 41.4 Å². The van der Waals surface area contributed by atoms with Crippen LogP contribution in [0.1, 0.15) is 119 Å². The molecule has 17 nitrogen and oxygen atoms in total. The van der Waals surface area contributed by atoms with Gasteiger partial charge in [0.25, 0.3) is 5.97 Å². The lowest BCUT2D eigenvalue weighted by molar-refractivity contribution is -0.144. The molecule has 3 aromatic carbocycles. The Morgan fingerprint density at radius 1 is 0.908 bits per heavy atom. The first-order chi connectivity index (χ1) is 36.1. The first-order valence-electron chi connectivity index (χ1n) is 26.4. The number of para-hydroxylation sites is 1. The number of ketones is 2. The van der Waals surface area contributed by atoms with Crippen molar-refractivity contribution in [2.75, 3.05) is 24.7 Å². The van der Waals surface area contributed by atoms with E-state index in [1.165, 1.54) is 4.90 Å². The van der Waals surface area contributed by atoms with Crippen LogP contribution in [0, 0.1) is 18.3 Å². The number of hydrogen-bond donors (Lipinski definition) is 5. The van der Waals surface area contributed by atoms with Crippen molar-refractivity contribution in [1.29, 1.82) is 0 Å². The van der Waals surface area contributed by atoms with Crippen LogP contribution in [0.15, 0.2) is 72.2 Å². The van der Waals surface area contributed by atoms with Gasteiger partial charge in [0.15, 0.2) is 11.6 Å². The van der Waals surface area contributed by atoms with Gasteiger partial charge in [0, 0.05) is 52.2 Å². The molecule has 76 heavy (non-hydrogen) atoms. The van der Waals surface area contributed by atoms with E-state index in [4.69, 9.17) is 30.8 Å². The highest BCUT2D eigenvalue weighted by molar-refractivity contribution is 7.13. The van der Waals surface area contributed by atoms with Crippen molar-refractivity contribution < 1.29 is 53.2 Å². The molecule has 0 spiro atoms. The molecule has 1 saturated heterocycles. The first kappa shape index (κ1) is 59.1. The van der Waals surface area contributed by atoms with Gasteiger partial charge in [-0.25, -0.2) is 4.98 Å². The third kappa shape index (κ3) is 16.2. The van der Waals surface area contributed by atoms with E-state index in [1.807, 2.05) is 107 Å². The molecular weight excluding hydrogens is 989 g/mol. The summed E-state index contributed by atoms with van der Waals surface area (Å²) in [4.78, 5) is 97.6. The predicted octanol–water partition coefficient (Wildman–Crippen LogP) is 6.22. The number of ether oxygens (including phenoxy) is 2. The number of nitrogens with one attached hydrogen (secondary N) is 1. The highest BCUT2D eigenvalue weighted by Gasteiger charge is 2.45. The van der Waals surface area contributed by atoms with Crippen LogP contribution in [0.25, 0.3) is 10.4 Å². The summed E-state index contributed by atoms with van der Waals surface area (Å²) in [5.74, 6) is -2.84. The minimum Gasteiger partial charge on any atom is -0.481 e. The Kier molecular flexibility index (Phi) is 21.2. The SMILES string of the molecule is CC(=O)O.Cc1ncsc1-c1ccc(CCC(=O)[C@@H]2C[C@@H](O)CN2C(=O)[C@@H](NC(=O)COCCCCc2ccc(CO[C@H](C)[C@H](CCC(N)=O)CC(=O)[C@@H]3Cc4cccc5c4N3C(=O)[C@@H](N)CC5)cc2)C(C)(C)C)cc1. The van der Waals surface area contributed by atoms with Gasteiger partial charge in [-0.05, 0) is 104 Å². The first-order valence-corrected chi connectivity index (χ1v) is 27.3. The van der Waals surface area contributed by atoms with Crippen molar-refractivity contribution >= 4 is 58.2 Å². The van der Waals surface area contributed by atoms with E-state index in [0.717, 1.165) is 69.4 Å². The fourth-order valence-corrected chi connectivity index (χ4v) is 11.0. The van der Waals surface area contributed by atoms with Crippen LogP contribution >= 0.6 is 11.3 Å². The van der Waals surface area contributed by atoms with Crippen molar-refractivity contribution in [1.82, 2.24) is 15.2 Å². The van der Waals surface area contributed by atoms with Crippen molar-refractivity contribution in [2.24, 2.45) is 22.8 Å². The number of nitrogens with two attached hydrogens (primary N) is 2. The van der Waals surface area contributed by atoms with E-state index >= 15 is 0 Å². The van der Waals surface area contributed by atoms with Crippen LogP contribution in [-0.4, -0.2) is 117 Å². The minimum atomic E-state index is -0.932. The molecule has 0 aliphatic carbocycles. The number of aliphatic carboxylic acids is 1. The number of anilines is 1. The molecule has 3 aliphatic heterocycles. The predicted molar refractivity (Wildman–Crippen MR) is 290 cm³/mol. The van der Waals surface area contributed by atoms with Crippen molar-refractivity contribution in [2.45, 2.75) is 162 Å². The fraction of sp³-hybridized carbons (Fsp3) is 0.517. The second-order valence-electron chi connectivity index (χ2n) is 21.5. The van der Waals surface area contributed by atoms with E-state index in [-0.39, 0.29) is 68.3 Å². The van der Waals surface area contributed by atoms with Gasteiger partial charge in [0.1, 0.15) is 12.6 Å². The van der Waals surface area contributed by atoms with E-state index in [9.17, 15) is 33.9 Å². The molecule has 3 aliphatic rings. The summed E-state index contributed by atoms with van der Waals surface area (Å²) in [7, 11) is 0. The van der Waals surface area contributed by atoms with Gasteiger partial charge in [-0.3, -0.25) is 38.5 Å². The summed E-state index contributed by atoms with van der Waals surface area (Å²) in [6, 6.07) is 19.1. The van der Waals surface area contributed by atoms with Crippen LogP contribution < -0.4 is 21.7 Å². The number of unbranched alkanes of at least 4 members (excludes halogenated alkanes) is 1. The zero-order valence-electron chi connectivity index (χ0n) is 44.8. The number of likely N-dealkylation sites (tertiary alicyclic amines) is 1. The van der Waals surface area contributed by atoms with Crippen LogP contribution in [0.3, 0.4) is 0 Å². The second kappa shape index (κ2) is 27.2. The molecule has 18 heteroatoms. The highest BCUT2D eigenvalue weighted by atomic mass is 32.1. The quantitative estimate of drug-likeness (QED) is 0.0489.